The Labute approximate surface area is 146 Å². The van der Waals surface area contributed by atoms with Crippen molar-refractivity contribution in [1.29, 1.82) is 0 Å². The number of benzene rings is 2. The number of hydrogen-bond acceptors (Lipinski definition) is 4. The molecule has 0 bridgehead atoms. The van der Waals surface area contributed by atoms with E-state index < -0.39 is 0 Å². The number of ether oxygens (including phenoxy) is 2. The Bertz CT molecular complexity index is 706. The summed E-state index contributed by atoms with van der Waals surface area (Å²) in [6.45, 7) is 2.16. The fourth-order valence-corrected chi connectivity index (χ4v) is 2.46. The Balaban J connectivity index is 1.91. The molecule has 0 fully saturated rings. The first-order valence-electron chi connectivity index (χ1n) is 7.54. The van der Waals surface area contributed by atoms with Crippen LogP contribution in [0.4, 0.5) is 5.69 Å². The molecule has 0 radical (unpaired) electrons. The van der Waals surface area contributed by atoms with Gasteiger partial charge in [-0.2, -0.15) is 0 Å². The highest BCUT2D eigenvalue weighted by Gasteiger charge is 2.10. The second kappa shape index (κ2) is 8.57. The van der Waals surface area contributed by atoms with Crippen LogP contribution in [0.25, 0.3) is 0 Å². The van der Waals surface area contributed by atoms with Crippen molar-refractivity contribution in [1.82, 2.24) is 5.32 Å². The molecule has 2 N–H and O–H groups in total. The molecule has 0 heterocycles. The Hall–Kier alpha value is -2.24. The Morgan fingerprint density at radius 3 is 2.54 bits per heavy atom. The topological polar surface area (TPSA) is 59.6 Å². The lowest BCUT2D eigenvalue weighted by atomic mass is 10.1. The van der Waals surface area contributed by atoms with E-state index in [0.717, 1.165) is 5.56 Å². The monoisotopic (exact) mass is 348 g/mol. The first-order chi connectivity index (χ1) is 11.5. The van der Waals surface area contributed by atoms with Crippen molar-refractivity contribution < 1.29 is 14.3 Å². The van der Waals surface area contributed by atoms with E-state index in [0.29, 0.717) is 22.2 Å². The van der Waals surface area contributed by atoms with Crippen molar-refractivity contribution >= 4 is 23.2 Å². The van der Waals surface area contributed by atoms with E-state index in [1.54, 1.807) is 32.4 Å². The number of methoxy groups -OCH3 is 2. The summed E-state index contributed by atoms with van der Waals surface area (Å²) in [4.78, 5) is 12.1. The van der Waals surface area contributed by atoms with Gasteiger partial charge in [0.25, 0.3) is 0 Å². The van der Waals surface area contributed by atoms with E-state index in [1.807, 2.05) is 31.2 Å². The fourth-order valence-electron chi connectivity index (χ4n) is 2.26. The zero-order valence-electron chi connectivity index (χ0n) is 13.9. The minimum atomic E-state index is -0.143. The summed E-state index contributed by atoms with van der Waals surface area (Å²) in [6.07, 6.45) is 0. The largest absolute Gasteiger partial charge is 0.493 e. The molecule has 0 aliphatic heterocycles. The van der Waals surface area contributed by atoms with Crippen LogP contribution in [0.1, 0.15) is 18.5 Å². The zero-order chi connectivity index (χ0) is 17.5. The molecule has 0 saturated carbocycles. The van der Waals surface area contributed by atoms with Gasteiger partial charge in [-0.3, -0.25) is 4.79 Å². The molecule has 0 saturated heterocycles. The number of hydrogen-bond donors (Lipinski definition) is 2. The molecule has 5 nitrogen and oxygen atoms in total. The molecule has 1 amide bonds. The third kappa shape index (κ3) is 4.88. The van der Waals surface area contributed by atoms with E-state index in [4.69, 9.17) is 21.1 Å². The molecule has 2 rings (SSSR count). The smallest absolute Gasteiger partial charge is 0.238 e. The molecule has 2 aromatic rings. The van der Waals surface area contributed by atoms with Gasteiger partial charge in [0.2, 0.25) is 5.91 Å². The quantitative estimate of drug-likeness (QED) is 0.802. The summed E-state index contributed by atoms with van der Waals surface area (Å²) in [5.41, 5.74) is 1.68. The SMILES string of the molecule is COc1ccc(NC(=O)CN[C@@H](C)c2cccc(Cl)c2)cc1OC. The highest BCUT2D eigenvalue weighted by molar-refractivity contribution is 6.30. The highest BCUT2D eigenvalue weighted by atomic mass is 35.5. The number of nitrogens with one attached hydrogen (secondary N) is 2. The van der Waals surface area contributed by atoms with Crippen molar-refractivity contribution in [3.05, 3.63) is 53.1 Å². The van der Waals surface area contributed by atoms with E-state index in [2.05, 4.69) is 10.6 Å². The summed E-state index contributed by atoms with van der Waals surface area (Å²) in [7, 11) is 3.12. The Morgan fingerprint density at radius 2 is 1.88 bits per heavy atom. The van der Waals surface area contributed by atoms with Gasteiger partial charge in [0.1, 0.15) is 0 Å². The van der Waals surface area contributed by atoms with Crippen molar-refractivity contribution in [2.75, 3.05) is 26.1 Å². The molecule has 2 aromatic carbocycles. The van der Waals surface area contributed by atoms with Crippen LogP contribution in [-0.4, -0.2) is 26.7 Å². The number of anilines is 1. The summed E-state index contributed by atoms with van der Waals surface area (Å²) in [6, 6.07) is 12.8. The minimum Gasteiger partial charge on any atom is -0.493 e. The predicted octanol–water partition coefficient (Wildman–Crippen LogP) is 3.65. The van der Waals surface area contributed by atoms with Gasteiger partial charge >= 0.3 is 0 Å². The van der Waals surface area contributed by atoms with Gasteiger partial charge in [0.15, 0.2) is 11.5 Å². The van der Waals surface area contributed by atoms with E-state index in [9.17, 15) is 4.79 Å². The first-order valence-corrected chi connectivity index (χ1v) is 7.92. The average Bonchev–Trinajstić information content (AvgIpc) is 2.59. The zero-order valence-corrected chi connectivity index (χ0v) is 14.7. The lowest BCUT2D eigenvalue weighted by Crippen LogP contribution is -2.30. The summed E-state index contributed by atoms with van der Waals surface area (Å²) in [5.74, 6) is 1.04. The van der Waals surface area contributed by atoms with Crippen LogP contribution in [0.3, 0.4) is 0 Å². The highest BCUT2D eigenvalue weighted by Crippen LogP contribution is 2.29. The average molecular weight is 349 g/mol. The molecule has 0 aliphatic carbocycles. The molecule has 0 aliphatic rings. The predicted molar refractivity (Wildman–Crippen MR) is 96.0 cm³/mol. The summed E-state index contributed by atoms with van der Waals surface area (Å²) in [5, 5.41) is 6.67. The number of halogens is 1. The molecule has 0 aromatic heterocycles. The van der Waals surface area contributed by atoms with Crippen LogP contribution >= 0.6 is 11.6 Å². The molecular weight excluding hydrogens is 328 g/mol. The Morgan fingerprint density at radius 1 is 1.12 bits per heavy atom. The van der Waals surface area contributed by atoms with E-state index in [-0.39, 0.29) is 18.5 Å². The van der Waals surface area contributed by atoms with Crippen LogP contribution in [0.5, 0.6) is 11.5 Å². The van der Waals surface area contributed by atoms with Crippen LogP contribution in [0.15, 0.2) is 42.5 Å². The molecule has 0 unspecified atom stereocenters. The standard InChI is InChI=1S/C18H21ClN2O3/c1-12(13-5-4-6-14(19)9-13)20-11-18(22)21-15-7-8-16(23-2)17(10-15)24-3/h4-10,12,20H,11H2,1-3H3,(H,21,22)/t12-/m0/s1. The van der Waals surface area contributed by atoms with Gasteiger partial charge in [-0.25, -0.2) is 0 Å². The van der Waals surface area contributed by atoms with Crippen molar-refractivity contribution in [2.45, 2.75) is 13.0 Å². The molecule has 128 valence electrons. The fraction of sp³-hybridized carbons (Fsp3) is 0.278. The molecule has 24 heavy (non-hydrogen) atoms. The van der Waals surface area contributed by atoms with E-state index in [1.165, 1.54) is 0 Å². The van der Waals surface area contributed by atoms with Crippen LogP contribution in [0, 0.1) is 0 Å². The van der Waals surface area contributed by atoms with Crippen LogP contribution < -0.4 is 20.1 Å². The van der Waals surface area contributed by atoms with Crippen molar-refractivity contribution in [3.63, 3.8) is 0 Å². The molecule has 6 heteroatoms. The third-order valence-corrected chi connectivity index (χ3v) is 3.82. The second-order valence-electron chi connectivity index (χ2n) is 5.28. The maximum absolute atomic E-state index is 12.1. The maximum atomic E-state index is 12.1. The van der Waals surface area contributed by atoms with E-state index >= 15 is 0 Å². The number of carbonyl (C=O) groups is 1. The number of carbonyl (C=O) groups excluding carboxylic acids is 1. The van der Waals surface area contributed by atoms with Crippen LogP contribution in [0.2, 0.25) is 5.02 Å². The first kappa shape index (κ1) is 18.1. The lowest BCUT2D eigenvalue weighted by molar-refractivity contribution is -0.115. The number of rotatable bonds is 7. The Kier molecular flexibility index (Phi) is 6.46. The second-order valence-corrected chi connectivity index (χ2v) is 5.71. The van der Waals surface area contributed by atoms with Crippen molar-refractivity contribution in [2.24, 2.45) is 0 Å². The van der Waals surface area contributed by atoms with Gasteiger partial charge in [0.05, 0.1) is 20.8 Å². The van der Waals surface area contributed by atoms with Gasteiger partial charge in [-0.1, -0.05) is 23.7 Å². The molecule has 0 spiro atoms. The van der Waals surface area contributed by atoms with Crippen molar-refractivity contribution in [3.8, 4) is 11.5 Å². The minimum absolute atomic E-state index is 0.0138. The van der Waals surface area contributed by atoms with Gasteiger partial charge in [-0.05, 0) is 36.8 Å². The lowest BCUT2D eigenvalue weighted by Gasteiger charge is -2.15. The van der Waals surface area contributed by atoms with Gasteiger partial charge in [-0.15, -0.1) is 0 Å². The summed E-state index contributed by atoms with van der Waals surface area (Å²) < 4.78 is 10.4. The molecular formula is C18H21ClN2O3. The molecule has 1 atom stereocenters. The number of amides is 1. The van der Waals surface area contributed by atoms with Gasteiger partial charge < -0.3 is 20.1 Å². The normalized spacial score (nSPS) is 11.7. The van der Waals surface area contributed by atoms with Gasteiger partial charge in [0, 0.05) is 22.8 Å². The maximum Gasteiger partial charge on any atom is 0.238 e. The summed E-state index contributed by atoms with van der Waals surface area (Å²) >= 11 is 5.98. The van der Waals surface area contributed by atoms with Crippen LogP contribution in [-0.2, 0) is 4.79 Å². The third-order valence-electron chi connectivity index (χ3n) is 3.58.